The van der Waals surface area contributed by atoms with Crippen LogP contribution < -0.4 is 10.6 Å². The Labute approximate surface area is 109 Å². The molecule has 0 unspecified atom stereocenters. The highest BCUT2D eigenvalue weighted by Crippen LogP contribution is 2.21. The molecule has 0 saturated heterocycles. The molecule has 0 aliphatic heterocycles. The van der Waals surface area contributed by atoms with Gasteiger partial charge in [0.15, 0.2) is 0 Å². The van der Waals surface area contributed by atoms with Crippen molar-refractivity contribution in [1.29, 1.82) is 0 Å². The second-order valence-corrected chi connectivity index (χ2v) is 4.67. The summed E-state index contributed by atoms with van der Waals surface area (Å²) in [5.41, 5.74) is 8.50. The summed E-state index contributed by atoms with van der Waals surface area (Å²) in [7, 11) is 1.98. The van der Waals surface area contributed by atoms with Gasteiger partial charge in [0.2, 0.25) is 0 Å². The third-order valence-corrected chi connectivity index (χ3v) is 2.90. The second kappa shape index (κ2) is 5.14. The molecule has 2 heterocycles. The van der Waals surface area contributed by atoms with E-state index in [1.807, 2.05) is 30.1 Å². The molecule has 5 heteroatoms. The highest BCUT2D eigenvalue weighted by atomic mass is 79.9. The van der Waals surface area contributed by atoms with E-state index in [9.17, 15) is 0 Å². The maximum Gasteiger partial charge on any atom is 0.0738 e. The SMILES string of the molecule is CN(Cc1ccc(Br)cn1)c1ccncc1N. The molecule has 2 aromatic heterocycles. The number of rotatable bonds is 3. The smallest absolute Gasteiger partial charge is 0.0738 e. The van der Waals surface area contributed by atoms with E-state index in [1.165, 1.54) is 0 Å². The van der Waals surface area contributed by atoms with Crippen LogP contribution in [0.5, 0.6) is 0 Å². The molecule has 88 valence electrons. The number of nitrogens with two attached hydrogens (primary N) is 1. The lowest BCUT2D eigenvalue weighted by Crippen LogP contribution is -2.18. The maximum absolute atomic E-state index is 5.87. The van der Waals surface area contributed by atoms with Crippen LogP contribution in [-0.4, -0.2) is 17.0 Å². The first-order valence-electron chi connectivity index (χ1n) is 5.18. The summed E-state index contributed by atoms with van der Waals surface area (Å²) in [6, 6.07) is 5.86. The number of halogens is 1. The van der Waals surface area contributed by atoms with Crippen molar-refractivity contribution in [3.05, 3.63) is 47.0 Å². The average Bonchev–Trinajstić information content (AvgIpc) is 2.32. The number of aromatic nitrogens is 2. The number of pyridine rings is 2. The highest BCUT2D eigenvalue weighted by molar-refractivity contribution is 9.10. The summed E-state index contributed by atoms with van der Waals surface area (Å²) < 4.78 is 0.979. The third kappa shape index (κ3) is 2.94. The number of nitrogen functional groups attached to an aromatic ring is 1. The Morgan fingerprint density at radius 2 is 2.12 bits per heavy atom. The van der Waals surface area contributed by atoms with Gasteiger partial charge < -0.3 is 10.6 Å². The predicted octanol–water partition coefficient (Wildman–Crippen LogP) is 2.46. The fraction of sp³-hybridized carbons (Fsp3) is 0.167. The molecule has 0 spiro atoms. The summed E-state index contributed by atoms with van der Waals surface area (Å²) in [5.74, 6) is 0. The van der Waals surface area contributed by atoms with Crippen molar-refractivity contribution in [3.63, 3.8) is 0 Å². The van der Waals surface area contributed by atoms with Gasteiger partial charge in [0.1, 0.15) is 0 Å². The van der Waals surface area contributed by atoms with Gasteiger partial charge in [-0.3, -0.25) is 9.97 Å². The summed E-state index contributed by atoms with van der Waals surface area (Å²) in [5, 5.41) is 0. The lowest BCUT2D eigenvalue weighted by atomic mass is 10.3. The molecule has 0 atom stereocenters. The highest BCUT2D eigenvalue weighted by Gasteiger charge is 2.06. The van der Waals surface area contributed by atoms with Gasteiger partial charge in [0, 0.05) is 23.9 Å². The van der Waals surface area contributed by atoms with Crippen molar-refractivity contribution in [2.45, 2.75) is 6.54 Å². The van der Waals surface area contributed by atoms with E-state index in [0.29, 0.717) is 12.2 Å². The van der Waals surface area contributed by atoms with Gasteiger partial charge in [-0.25, -0.2) is 0 Å². The van der Waals surface area contributed by atoms with E-state index >= 15 is 0 Å². The lowest BCUT2D eigenvalue weighted by molar-refractivity contribution is 0.884. The minimum Gasteiger partial charge on any atom is -0.396 e. The largest absolute Gasteiger partial charge is 0.396 e. The van der Waals surface area contributed by atoms with Gasteiger partial charge in [-0.1, -0.05) is 0 Å². The molecule has 0 amide bonds. The molecule has 2 N–H and O–H groups in total. The van der Waals surface area contributed by atoms with Crippen LogP contribution in [0.2, 0.25) is 0 Å². The van der Waals surface area contributed by atoms with E-state index in [2.05, 4.69) is 25.9 Å². The van der Waals surface area contributed by atoms with Crippen LogP contribution in [0.15, 0.2) is 41.3 Å². The Hall–Kier alpha value is -1.62. The number of hydrogen-bond acceptors (Lipinski definition) is 4. The quantitative estimate of drug-likeness (QED) is 0.944. The van der Waals surface area contributed by atoms with Crippen LogP contribution in [0.25, 0.3) is 0 Å². The van der Waals surface area contributed by atoms with Crippen molar-refractivity contribution < 1.29 is 0 Å². The van der Waals surface area contributed by atoms with Crippen molar-refractivity contribution in [2.24, 2.45) is 0 Å². The monoisotopic (exact) mass is 292 g/mol. The molecule has 4 nitrogen and oxygen atoms in total. The van der Waals surface area contributed by atoms with Crippen LogP contribution in [0.4, 0.5) is 11.4 Å². The summed E-state index contributed by atoms with van der Waals surface area (Å²) in [6.07, 6.45) is 5.18. The van der Waals surface area contributed by atoms with Gasteiger partial charge in [-0.2, -0.15) is 0 Å². The number of nitrogens with zero attached hydrogens (tertiary/aromatic N) is 3. The molecule has 0 radical (unpaired) electrons. The molecule has 0 bridgehead atoms. The third-order valence-electron chi connectivity index (χ3n) is 2.43. The Morgan fingerprint density at radius 1 is 1.29 bits per heavy atom. The van der Waals surface area contributed by atoms with E-state index in [1.54, 1.807) is 18.6 Å². The van der Waals surface area contributed by atoms with E-state index < -0.39 is 0 Å². The normalized spacial score (nSPS) is 10.2. The van der Waals surface area contributed by atoms with Crippen molar-refractivity contribution in [2.75, 3.05) is 17.7 Å². The molecular weight excluding hydrogens is 280 g/mol. The van der Waals surface area contributed by atoms with Gasteiger partial charge in [-0.15, -0.1) is 0 Å². The first kappa shape index (κ1) is 11.9. The van der Waals surface area contributed by atoms with Crippen LogP contribution in [-0.2, 0) is 6.54 Å². The van der Waals surface area contributed by atoms with Crippen LogP contribution in [0, 0.1) is 0 Å². The summed E-state index contributed by atoms with van der Waals surface area (Å²) >= 11 is 3.36. The zero-order valence-electron chi connectivity index (χ0n) is 9.47. The van der Waals surface area contributed by atoms with Crippen LogP contribution in [0.3, 0.4) is 0 Å². The number of anilines is 2. The predicted molar refractivity (Wildman–Crippen MR) is 72.7 cm³/mol. The van der Waals surface area contributed by atoms with E-state index in [0.717, 1.165) is 15.9 Å². The Morgan fingerprint density at radius 3 is 2.76 bits per heavy atom. The van der Waals surface area contributed by atoms with Crippen LogP contribution >= 0.6 is 15.9 Å². The average molecular weight is 293 g/mol. The Balaban J connectivity index is 2.14. The molecule has 0 fully saturated rings. The molecule has 0 aliphatic carbocycles. The van der Waals surface area contributed by atoms with Gasteiger partial charge >= 0.3 is 0 Å². The van der Waals surface area contributed by atoms with Gasteiger partial charge in [-0.05, 0) is 34.1 Å². The first-order chi connectivity index (χ1) is 8.16. The maximum atomic E-state index is 5.87. The molecule has 0 saturated carbocycles. The minimum atomic E-state index is 0.673. The van der Waals surface area contributed by atoms with Crippen molar-refractivity contribution >= 4 is 27.3 Å². The standard InChI is InChI=1S/C12H13BrN4/c1-17(12-4-5-15-7-11(12)14)8-10-3-2-9(13)6-16-10/h2-7H,8,14H2,1H3. The van der Waals surface area contributed by atoms with Crippen molar-refractivity contribution in [3.8, 4) is 0 Å². The summed E-state index contributed by atoms with van der Waals surface area (Å²) in [4.78, 5) is 10.3. The zero-order chi connectivity index (χ0) is 12.3. The second-order valence-electron chi connectivity index (χ2n) is 3.76. The molecule has 17 heavy (non-hydrogen) atoms. The van der Waals surface area contributed by atoms with E-state index in [-0.39, 0.29) is 0 Å². The fourth-order valence-corrected chi connectivity index (χ4v) is 1.81. The van der Waals surface area contributed by atoms with Crippen LogP contribution in [0.1, 0.15) is 5.69 Å². The summed E-state index contributed by atoms with van der Waals surface area (Å²) in [6.45, 7) is 0.710. The van der Waals surface area contributed by atoms with Crippen molar-refractivity contribution in [1.82, 2.24) is 9.97 Å². The molecule has 0 aliphatic rings. The minimum absolute atomic E-state index is 0.673. The molecule has 0 aromatic carbocycles. The Kier molecular flexibility index (Phi) is 3.58. The van der Waals surface area contributed by atoms with E-state index in [4.69, 9.17) is 5.73 Å². The van der Waals surface area contributed by atoms with Gasteiger partial charge in [0.05, 0.1) is 29.8 Å². The molecular formula is C12H13BrN4. The zero-order valence-corrected chi connectivity index (χ0v) is 11.1. The topological polar surface area (TPSA) is 55.0 Å². The number of hydrogen-bond donors (Lipinski definition) is 1. The molecule has 2 rings (SSSR count). The Bertz CT molecular complexity index is 498. The van der Waals surface area contributed by atoms with Gasteiger partial charge in [0.25, 0.3) is 0 Å². The molecule has 2 aromatic rings. The fourth-order valence-electron chi connectivity index (χ4n) is 1.58. The lowest BCUT2D eigenvalue weighted by Gasteiger charge is -2.20. The first-order valence-corrected chi connectivity index (χ1v) is 5.97.